The average Bonchev–Trinajstić information content (AvgIpc) is 2.87. The third-order valence-electron chi connectivity index (χ3n) is 3.37. The number of nitrogens with one attached hydrogen (secondary N) is 1. The minimum atomic E-state index is 0.851. The highest BCUT2D eigenvalue weighted by Gasteiger charge is 2.04. The second-order valence-electron chi connectivity index (χ2n) is 5.28. The average molecular weight is 272 g/mol. The summed E-state index contributed by atoms with van der Waals surface area (Å²) in [7, 11) is 4.20. The molecule has 0 atom stereocenters. The molecule has 0 amide bonds. The number of aromatic nitrogens is 2. The normalized spacial score (nSPS) is 11.2. The molecule has 2 rings (SSSR count). The Bertz CT molecular complexity index is 531. The lowest BCUT2D eigenvalue weighted by Gasteiger charge is -2.15. The maximum atomic E-state index is 4.19. The summed E-state index contributed by atoms with van der Waals surface area (Å²) in [4.78, 5) is 6.39. The van der Waals surface area contributed by atoms with Crippen LogP contribution in [0, 0.1) is 0 Å². The van der Waals surface area contributed by atoms with Crippen molar-refractivity contribution in [2.24, 2.45) is 0 Å². The van der Waals surface area contributed by atoms with Crippen LogP contribution in [0.15, 0.2) is 36.8 Å². The Labute approximate surface area is 121 Å². The van der Waals surface area contributed by atoms with Crippen molar-refractivity contribution in [2.45, 2.75) is 33.1 Å². The molecular weight excluding hydrogens is 248 g/mol. The molecule has 1 heterocycles. The highest BCUT2D eigenvalue weighted by atomic mass is 15.1. The van der Waals surface area contributed by atoms with Crippen LogP contribution in [0.3, 0.4) is 0 Å². The molecule has 0 aliphatic heterocycles. The Balaban J connectivity index is 1.94. The molecule has 0 aliphatic rings. The molecule has 1 aromatic carbocycles. The molecule has 0 saturated carbocycles. The quantitative estimate of drug-likeness (QED) is 0.839. The molecule has 0 unspecified atom stereocenters. The van der Waals surface area contributed by atoms with Crippen molar-refractivity contribution in [3.8, 4) is 0 Å². The summed E-state index contributed by atoms with van der Waals surface area (Å²) in [6.07, 6.45) is 3.82. The van der Waals surface area contributed by atoms with Gasteiger partial charge in [0.2, 0.25) is 0 Å². The van der Waals surface area contributed by atoms with Gasteiger partial charge >= 0.3 is 0 Å². The fourth-order valence-corrected chi connectivity index (χ4v) is 2.33. The van der Waals surface area contributed by atoms with E-state index in [-0.39, 0.29) is 0 Å². The van der Waals surface area contributed by atoms with E-state index in [1.165, 1.54) is 16.8 Å². The van der Waals surface area contributed by atoms with Gasteiger partial charge in [-0.05, 0) is 32.1 Å². The highest BCUT2D eigenvalue weighted by Crippen LogP contribution is 2.10. The van der Waals surface area contributed by atoms with E-state index in [1.807, 2.05) is 12.5 Å². The van der Waals surface area contributed by atoms with E-state index in [1.54, 1.807) is 0 Å². The highest BCUT2D eigenvalue weighted by molar-refractivity contribution is 5.26. The van der Waals surface area contributed by atoms with Gasteiger partial charge in [0.15, 0.2) is 0 Å². The monoisotopic (exact) mass is 272 g/mol. The molecule has 0 radical (unpaired) electrons. The summed E-state index contributed by atoms with van der Waals surface area (Å²) >= 11 is 0. The topological polar surface area (TPSA) is 33.1 Å². The van der Waals surface area contributed by atoms with Crippen LogP contribution < -0.4 is 5.32 Å². The zero-order valence-electron chi connectivity index (χ0n) is 12.6. The van der Waals surface area contributed by atoms with Gasteiger partial charge in [-0.1, -0.05) is 24.3 Å². The summed E-state index contributed by atoms with van der Waals surface area (Å²) in [5.41, 5.74) is 3.98. The number of nitrogens with zero attached hydrogens (tertiary/aromatic N) is 3. The molecule has 0 bridgehead atoms. The van der Waals surface area contributed by atoms with Crippen LogP contribution >= 0.6 is 0 Å². The van der Waals surface area contributed by atoms with Crippen molar-refractivity contribution in [1.82, 2.24) is 19.8 Å². The summed E-state index contributed by atoms with van der Waals surface area (Å²) in [5.74, 6) is 0. The van der Waals surface area contributed by atoms with Crippen LogP contribution in [-0.4, -0.2) is 28.5 Å². The van der Waals surface area contributed by atoms with Crippen LogP contribution in [0.4, 0.5) is 0 Å². The third kappa shape index (κ3) is 3.92. The second kappa shape index (κ2) is 7.22. The second-order valence-corrected chi connectivity index (χ2v) is 5.28. The van der Waals surface area contributed by atoms with Gasteiger partial charge < -0.3 is 14.8 Å². The number of imidazole rings is 1. The molecule has 20 heavy (non-hydrogen) atoms. The summed E-state index contributed by atoms with van der Waals surface area (Å²) in [5, 5.41) is 3.51. The van der Waals surface area contributed by atoms with E-state index in [2.05, 4.69) is 65.1 Å². The predicted octanol–water partition coefficient (Wildman–Crippen LogP) is 2.25. The van der Waals surface area contributed by atoms with E-state index in [9.17, 15) is 0 Å². The van der Waals surface area contributed by atoms with Gasteiger partial charge in [-0.2, -0.15) is 0 Å². The Morgan fingerprint density at radius 3 is 2.60 bits per heavy atom. The van der Waals surface area contributed by atoms with Gasteiger partial charge in [0.25, 0.3) is 0 Å². The molecule has 2 aromatic rings. The molecule has 4 heteroatoms. The maximum Gasteiger partial charge on any atom is 0.0948 e. The smallest absolute Gasteiger partial charge is 0.0948 e. The van der Waals surface area contributed by atoms with Crippen molar-refractivity contribution in [1.29, 1.82) is 0 Å². The molecule has 1 N–H and O–H groups in total. The van der Waals surface area contributed by atoms with Crippen molar-refractivity contribution >= 4 is 0 Å². The lowest BCUT2D eigenvalue weighted by atomic mass is 10.1. The van der Waals surface area contributed by atoms with Crippen LogP contribution in [0.5, 0.6) is 0 Å². The molecule has 4 nitrogen and oxygen atoms in total. The lowest BCUT2D eigenvalue weighted by molar-refractivity contribution is 0.400. The number of rotatable bonds is 7. The van der Waals surface area contributed by atoms with Crippen LogP contribution in [0.1, 0.15) is 23.7 Å². The fraction of sp³-hybridized carbons (Fsp3) is 0.438. The molecule has 0 aliphatic carbocycles. The van der Waals surface area contributed by atoms with Crippen LogP contribution in [0.25, 0.3) is 0 Å². The van der Waals surface area contributed by atoms with E-state index < -0.39 is 0 Å². The lowest BCUT2D eigenvalue weighted by Crippen LogP contribution is -2.18. The van der Waals surface area contributed by atoms with E-state index in [0.29, 0.717) is 0 Å². The SMILES string of the molecule is CCn1cncc1CNCc1ccccc1CN(C)C. The van der Waals surface area contributed by atoms with Gasteiger partial charge in [0, 0.05) is 32.4 Å². The van der Waals surface area contributed by atoms with Crippen molar-refractivity contribution in [3.05, 3.63) is 53.6 Å². The first-order valence-electron chi connectivity index (χ1n) is 7.12. The molecule has 108 valence electrons. The molecule has 1 aromatic heterocycles. The summed E-state index contributed by atoms with van der Waals surface area (Å²) in [6, 6.07) is 8.61. The van der Waals surface area contributed by atoms with Crippen molar-refractivity contribution in [3.63, 3.8) is 0 Å². The minimum absolute atomic E-state index is 0.851. The number of benzene rings is 1. The third-order valence-corrected chi connectivity index (χ3v) is 3.37. The first kappa shape index (κ1) is 14.8. The zero-order chi connectivity index (χ0) is 14.4. The summed E-state index contributed by atoms with van der Waals surface area (Å²) in [6.45, 7) is 5.82. The van der Waals surface area contributed by atoms with E-state index in [0.717, 1.165) is 26.2 Å². The fourth-order valence-electron chi connectivity index (χ4n) is 2.33. The minimum Gasteiger partial charge on any atom is -0.334 e. The number of hydrogen-bond acceptors (Lipinski definition) is 3. The Morgan fingerprint density at radius 2 is 1.90 bits per heavy atom. The molecule has 0 fully saturated rings. The van der Waals surface area contributed by atoms with Gasteiger partial charge in [-0.25, -0.2) is 4.98 Å². The Hall–Kier alpha value is -1.65. The first-order chi connectivity index (χ1) is 9.70. The summed E-state index contributed by atoms with van der Waals surface area (Å²) < 4.78 is 2.17. The maximum absolute atomic E-state index is 4.19. The molecule has 0 saturated heterocycles. The van der Waals surface area contributed by atoms with E-state index >= 15 is 0 Å². The zero-order valence-corrected chi connectivity index (χ0v) is 12.6. The largest absolute Gasteiger partial charge is 0.334 e. The van der Waals surface area contributed by atoms with Crippen molar-refractivity contribution in [2.75, 3.05) is 14.1 Å². The van der Waals surface area contributed by atoms with Crippen LogP contribution in [0.2, 0.25) is 0 Å². The number of aryl methyl sites for hydroxylation is 1. The van der Waals surface area contributed by atoms with Crippen molar-refractivity contribution < 1.29 is 0 Å². The van der Waals surface area contributed by atoms with Gasteiger partial charge in [0.1, 0.15) is 0 Å². The molecule has 0 spiro atoms. The Kier molecular flexibility index (Phi) is 5.32. The van der Waals surface area contributed by atoms with Gasteiger partial charge in [0.05, 0.1) is 12.0 Å². The van der Waals surface area contributed by atoms with Gasteiger partial charge in [-0.3, -0.25) is 0 Å². The van der Waals surface area contributed by atoms with Crippen LogP contribution in [-0.2, 0) is 26.2 Å². The number of hydrogen-bond donors (Lipinski definition) is 1. The van der Waals surface area contributed by atoms with E-state index in [4.69, 9.17) is 0 Å². The Morgan fingerprint density at radius 1 is 1.15 bits per heavy atom. The standard InChI is InChI=1S/C16H24N4/c1-4-20-13-18-11-16(20)10-17-9-14-7-5-6-8-15(14)12-19(2)3/h5-8,11,13,17H,4,9-10,12H2,1-3H3. The van der Waals surface area contributed by atoms with Gasteiger partial charge in [-0.15, -0.1) is 0 Å². The molecular formula is C16H24N4. The first-order valence-corrected chi connectivity index (χ1v) is 7.12. The predicted molar refractivity (Wildman–Crippen MR) is 82.3 cm³/mol.